The fraction of sp³-hybridized carbons (Fsp3) is 0.440. The van der Waals surface area contributed by atoms with E-state index in [1.54, 1.807) is 0 Å². The van der Waals surface area contributed by atoms with Crippen LogP contribution in [0.2, 0.25) is 0 Å². The summed E-state index contributed by atoms with van der Waals surface area (Å²) < 4.78 is 0. The summed E-state index contributed by atoms with van der Waals surface area (Å²) in [7, 11) is 0. The number of nitrogens with one attached hydrogen (secondary N) is 3. The van der Waals surface area contributed by atoms with Crippen molar-refractivity contribution in [1.82, 2.24) is 30.6 Å². The van der Waals surface area contributed by atoms with E-state index in [1.807, 2.05) is 24.7 Å². The number of halogens is 3. The number of Topliss-reactive ketones (excluding diaryl/α,β-unsaturated/α-hetero) is 1. The second kappa shape index (κ2) is 13.9. The number of rotatable bonds is 0. The molecule has 3 heterocycles. The number of hydrogen-bond donors (Lipinski definition) is 5. The lowest BCUT2D eigenvalue weighted by Gasteiger charge is -2.33. The second-order valence-electron chi connectivity index (χ2n) is 19.5. The van der Waals surface area contributed by atoms with E-state index >= 15 is 0 Å². The number of hydrogen-bond acceptors (Lipinski definition) is 6. The first kappa shape index (κ1) is 40.5. The molecule has 3 saturated carbocycles. The van der Waals surface area contributed by atoms with Crippen molar-refractivity contribution in [3.05, 3.63) is 103 Å². The normalized spacial score (nSPS) is 32.4. The van der Waals surface area contributed by atoms with Crippen LogP contribution in [-0.4, -0.2) is 58.8 Å². The van der Waals surface area contributed by atoms with Gasteiger partial charge in [-0.1, -0.05) is 67.9 Å². The molecule has 3 aromatic carbocycles. The molecule has 9 nitrogen and oxygen atoms in total. The van der Waals surface area contributed by atoms with Crippen LogP contribution < -0.4 is 0 Å². The minimum Gasteiger partial charge on any atom is -0.387 e. The zero-order chi connectivity index (χ0) is 40.4. The van der Waals surface area contributed by atoms with Crippen LogP contribution in [0.5, 0.6) is 0 Å². The summed E-state index contributed by atoms with van der Waals surface area (Å²) in [6.45, 7) is 0. The van der Waals surface area contributed by atoms with Crippen molar-refractivity contribution in [3.8, 4) is 0 Å². The second-order valence-corrected chi connectivity index (χ2v) is 20.7. The lowest BCUT2D eigenvalue weighted by Crippen LogP contribution is -2.29. The first-order chi connectivity index (χ1) is 29.1. The third kappa shape index (κ3) is 5.23. The molecule has 3 aromatic heterocycles. The highest BCUT2D eigenvalue weighted by Gasteiger charge is 2.57. The Bertz CT molecular complexity index is 2880. The highest BCUT2D eigenvalue weighted by molar-refractivity contribution is 6.47. The van der Waals surface area contributed by atoms with Gasteiger partial charge in [0.05, 0.1) is 62.4 Å². The number of ketones is 1. The minimum atomic E-state index is -0.465. The summed E-state index contributed by atoms with van der Waals surface area (Å²) >= 11 is 19.6. The summed E-state index contributed by atoms with van der Waals surface area (Å²) in [6, 6.07) is 12.6. The van der Waals surface area contributed by atoms with Gasteiger partial charge in [-0.3, -0.25) is 20.1 Å². The maximum absolute atomic E-state index is 12.3. The molecule has 6 bridgehead atoms. The molecule has 0 aliphatic heterocycles. The maximum atomic E-state index is 12.3. The van der Waals surface area contributed by atoms with E-state index in [0.29, 0.717) is 26.9 Å². The summed E-state index contributed by atoms with van der Waals surface area (Å²) in [5, 5.41) is 47.9. The monoisotopic (exact) mass is 888 g/mol. The van der Waals surface area contributed by atoms with Gasteiger partial charge in [-0.15, -0.1) is 0 Å². The van der Waals surface area contributed by atoms with Gasteiger partial charge in [0.25, 0.3) is 0 Å². The van der Waals surface area contributed by atoms with Crippen LogP contribution in [-0.2, 0) is 24.1 Å². The number of benzene rings is 3. The number of H-pyrrole nitrogens is 3. The molecule has 3 spiro atoms. The third-order valence-corrected chi connectivity index (χ3v) is 18.0. The van der Waals surface area contributed by atoms with Gasteiger partial charge >= 0.3 is 0 Å². The molecule has 5 N–H and O–H groups in total. The lowest BCUT2D eigenvalue weighted by molar-refractivity contribution is -0.118. The summed E-state index contributed by atoms with van der Waals surface area (Å²) in [5.41, 5.74) is 15.0. The average molecular weight is 890 g/mol. The standard InChI is InChI=1S/2C16H15ClN2O.C16H13ClN2O.2CH4/c3*17-14-13-9-1-2-12-11(7-18-19-12)10(9)6-16(13)4-3-8(5-16)15(14)20;;/h2*1-2,7-8,15,20H,3-6H2,(H,18,19);1-2,7-8H,3-6H2,(H,18,19);2*1H4/t8-,15-,16+;;;;/m1..../s1. The number of fused-ring (bicyclic) bond motifs is 15. The average Bonchev–Trinajstić information content (AvgIpc) is 4.11. The van der Waals surface area contributed by atoms with Crippen LogP contribution in [0.15, 0.2) is 70.1 Å². The molecule has 0 radical (unpaired) electrons. The number of allylic oxidation sites excluding steroid dienone is 4. The smallest absolute Gasteiger partial charge is 0.177 e. The number of nitrogens with zero attached hydrogens (tertiary/aromatic N) is 3. The fourth-order valence-electron chi connectivity index (χ4n) is 14.2. The molecule has 62 heavy (non-hydrogen) atoms. The van der Waals surface area contributed by atoms with E-state index in [2.05, 4.69) is 60.9 Å². The molecular weight excluding hydrogens is 839 g/mol. The Morgan fingerprint density at radius 3 is 1.37 bits per heavy atom. The summed E-state index contributed by atoms with van der Waals surface area (Å²) in [6.07, 6.45) is 17.6. The predicted octanol–water partition coefficient (Wildman–Crippen LogP) is 11.2. The van der Waals surface area contributed by atoms with Crippen LogP contribution >= 0.6 is 34.8 Å². The topological polar surface area (TPSA) is 144 Å². The van der Waals surface area contributed by atoms with Crippen molar-refractivity contribution >= 4 is 90.0 Å². The minimum absolute atomic E-state index is 0. The summed E-state index contributed by atoms with van der Waals surface area (Å²) in [4.78, 5) is 12.3. The van der Waals surface area contributed by atoms with E-state index in [0.717, 1.165) is 99.2 Å². The van der Waals surface area contributed by atoms with Gasteiger partial charge < -0.3 is 10.2 Å². The van der Waals surface area contributed by atoms with Crippen molar-refractivity contribution in [3.63, 3.8) is 0 Å². The Morgan fingerprint density at radius 2 is 0.935 bits per heavy atom. The molecule has 9 aliphatic carbocycles. The molecule has 6 aromatic rings. The van der Waals surface area contributed by atoms with Gasteiger partial charge in [0.1, 0.15) is 0 Å². The van der Waals surface area contributed by atoms with Crippen molar-refractivity contribution in [2.45, 2.75) is 104 Å². The van der Waals surface area contributed by atoms with Gasteiger partial charge in [-0.2, -0.15) is 15.3 Å². The molecule has 5 unspecified atom stereocenters. The summed E-state index contributed by atoms with van der Waals surface area (Å²) in [5.74, 6) is 1.01. The highest BCUT2D eigenvalue weighted by Crippen LogP contribution is 2.66. The van der Waals surface area contributed by atoms with Crippen LogP contribution in [0.1, 0.15) is 106 Å². The van der Waals surface area contributed by atoms with Gasteiger partial charge in [0.2, 0.25) is 0 Å². The van der Waals surface area contributed by atoms with Crippen molar-refractivity contribution in [1.29, 1.82) is 0 Å². The number of aromatic nitrogens is 6. The molecular formula is C50H51Cl3N6O3. The molecule has 15 rings (SSSR count). The first-order valence-corrected chi connectivity index (χ1v) is 22.7. The van der Waals surface area contributed by atoms with Crippen LogP contribution in [0.25, 0.3) is 49.4 Å². The third-order valence-electron chi connectivity index (χ3n) is 16.8. The zero-order valence-electron chi connectivity index (χ0n) is 32.8. The van der Waals surface area contributed by atoms with Crippen LogP contribution in [0.3, 0.4) is 0 Å². The van der Waals surface area contributed by atoms with Gasteiger partial charge in [-0.05, 0) is 157 Å². The Kier molecular flexibility index (Phi) is 9.07. The van der Waals surface area contributed by atoms with Gasteiger partial charge in [-0.25, -0.2) is 0 Å². The van der Waals surface area contributed by atoms with E-state index in [4.69, 9.17) is 34.8 Å². The molecule has 9 aliphatic rings. The number of carbonyl (C=O) groups is 1. The van der Waals surface area contributed by atoms with E-state index in [9.17, 15) is 15.0 Å². The maximum Gasteiger partial charge on any atom is 0.177 e. The molecule has 320 valence electrons. The Balaban J connectivity index is 0.000000103. The number of aromatic amines is 3. The fourth-order valence-corrected chi connectivity index (χ4v) is 15.6. The Labute approximate surface area is 375 Å². The molecule has 8 atom stereocenters. The Morgan fingerprint density at radius 1 is 0.548 bits per heavy atom. The Hall–Kier alpha value is -4.25. The molecule has 0 amide bonds. The SMILES string of the molecule is C.C.O=C1C(Cl)=C2c3ccc4[nH]ncc4c3CC23CCC1C3.OC1C(Cl)=C2c3ccc4[nH]ncc4c3CC23CCC1C3.O[C@H]1C(Cl)=C2c3ccc4[nH]ncc4c3C[C@@]23CC[C@@H]1C3. The largest absolute Gasteiger partial charge is 0.387 e. The van der Waals surface area contributed by atoms with E-state index in [-0.39, 0.29) is 42.8 Å². The van der Waals surface area contributed by atoms with Crippen molar-refractivity contribution < 1.29 is 15.0 Å². The number of carbonyl (C=O) groups excluding carboxylic acids is 1. The van der Waals surface area contributed by atoms with Gasteiger partial charge in [0.15, 0.2) is 5.78 Å². The van der Waals surface area contributed by atoms with Crippen LogP contribution in [0, 0.1) is 34.0 Å². The van der Waals surface area contributed by atoms with Crippen molar-refractivity contribution in [2.24, 2.45) is 34.0 Å². The van der Waals surface area contributed by atoms with Crippen LogP contribution in [0.4, 0.5) is 0 Å². The number of aliphatic hydroxyl groups excluding tert-OH is 2. The zero-order valence-corrected chi connectivity index (χ0v) is 35.1. The molecule has 0 saturated heterocycles. The van der Waals surface area contributed by atoms with Crippen molar-refractivity contribution in [2.75, 3.05) is 0 Å². The molecule has 12 heteroatoms. The first-order valence-electron chi connectivity index (χ1n) is 21.6. The number of aliphatic hydroxyl groups is 2. The highest BCUT2D eigenvalue weighted by atomic mass is 35.5. The van der Waals surface area contributed by atoms with Gasteiger partial charge in [0, 0.05) is 38.3 Å². The van der Waals surface area contributed by atoms with E-state index in [1.165, 1.54) is 60.7 Å². The molecule has 3 fully saturated rings. The van der Waals surface area contributed by atoms with E-state index < -0.39 is 12.2 Å². The predicted molar refractivity (Wildman–Crippen MR) is 248 cm³/mol. The lowest BCUT2D eigenvalue weighted by atomic mass is 9.74. The quantitative estimate of drug-likeness (QED) is 0.103.